The van der Waals surface area contributed by atoms with Gasteiger partial charge in [0.25, 0.3) is 5.91 Å². The van der Waals surface area contributed by atoms with E-state index in [1.54, 1.807) is 0 Å². The minimum Gasteiger partial charge on any atom is -0.339 e. The molecule has 1 heterocycles. The highest BCUT2D eigenvalue weighted by Gasteiger charge is 2.24. The van der Waals surface area contributed by atoms with Gasteiger partial charge in [-0.05, 0) is 42.4 Å². The molecule has 0 unspecified atom stereocenters. The summed E-state index contributed by atoms with van der Waals surface area (Å²) < 4.78 is 0. The van der Waals surface area contributed by atoms with E-state index in [4.69, 9.17) is 5.26 Å². The zero-order valence-corrected chi connectivity index (χ0v) is 13.8. The molecule has 3 heteroatoms. The zero-order valence-electron chi connectivity index (χ0n) is 13.8. The molecule has 0 aromatic heterocycles. The van der Waals surface area contributed by atoms with Crippen molar-refractivity contribution in [3.05, 3.63) is 71.3 Å². The predicted molar refractivity (Wildman–Crippen MR) is 94.5 cm³/mol. The molecule has 1 aliphatic heterocycles. The molecule has 122 valence electrons. The molecule has 0 saturated carbocycles. The van der Waals surface area contributed by atoms with Gasteiger partial charge in [-0.2, -0.15) is 5.26 Å². The summed E-state index contributed by atoms with van der Waals surface area (Å²) in [4.78, 5) is 14.7. The van der Waals surface area contributed by atoms with Crippen LogP contribution in [-0.4, -0.2) is 23.9 Å². The van der Waals surface area contributed by atoms with Crippen molar-refractivity contribution in [2.75, 3.05) is 13.1 Å². The minimum absolute atomic E-state index is 0.0685. The molecule has 1 aliphatic rings. The molecule has 24 heavy (non-hydrogen) atoms. The lowest BCUT2D eigenvalue weighted by Crippen LogP contribution is -2.39. The molecule has 0 atom stereocenters. The number of carbonyl (C=O) groups excluding carboxylic acids is 1. The first-order chi connectivity index (χ1) is 11.8. The van der Waals surface area contributed by atoms with Gasteiger partial charge in [0, 0.05) is 18.7 Å². The van der Waals surface area contributed by atoms with Gasteiger partial charge in [-0.1, -0.05) is 48.5 Å². The largest absolute Gasteiger partial charge is 0.339 e. The third-order valence-corrected chi connectivity index (χ3v) is 4.79. The number of carbonyl (C=O) groups is 1. The predicted octanol–water partition coefficient (Wildman–Crippen LogP) is 3.85. The van der Waals surface area contributed by atoms with E-state index >= 15 is 0 Å². The monoisotopic (exact) mass is 318 g/mol. The number of nitriles is 1. The highest BCUT2D eigenvalue weighted by atomic mass is 16.2. The van der Waals surface area contributed by atoms with Crippen LogP contribution in [0.15, 0.2) is 54.6 Å². The summed E-state index contributed by atoms with van der Waals surface area (Å²) in [6.45, 7) is 1.61. The fraction of sp³-hybridized carbons (Fsp3) is 0.333. The molecule has 3 rings (SSSR count). The van der Waals surface area contributed by atoms with Crippen LogP contribution in [0, 0.1) is 17.2 Å². The Kier molecular flexibility index (Phi) is 5.28. The van der Waals surface area contributed by atoms with Crippen LogP contribution >= 0.6 is 0 Å². The average Bonchev–Trinajstić information content (AvgIpc) is 2.63. The normalized spacial score (nSPS) is 15.0. The maximum Gasteiger partial charge on any atom is 0.254 e. The third-order valence-electron chi connectivity index (χ3n) is 4.79. The van der Waals surface area contributed by atoms with Gasteiger partial charge >= 0.3 is 0 Å². The van der Waals surface area contributed by atoms with Crippen molar-refractivity contribution in [3.63, 3.8) is 0 Å². The fourth-order valence-corrected chi connectivity index (χ4v) is 3.43. The van der Waals surface area contributed by atoms with Crippen molar-refractivity contribution in [2.24, 2.45) is 5.92 Å². The van der Waals surface area contributed by atoms with Gasteiger partial charge in [0.1, 0.15) is 0 Å². The van der Waals surface area contributed by atoms with Crippen LogP contribution in [0.4, 0.5) is 0 Å². The van der Waals surface area contributed by atoms with Crippen LogP contribution < -0.4 is 0 Å². The van der Waals surface area contributed by atoms with Crippen molar-refractivity contribution >= 4 is 5.91 Å². The summed E-state index contributed by atoms with van der Waals surface area (Å²) in [6.07, 6.45) is 3.46. The van der Waals surface area contributed by atoms with Crippen molar-refractivity contribution < 1.29 is 4.79 Å². The highest BCUT2D eigenvalue weighted by molar-refractivity contribution is 5.95. The SMILES string of the molecule is N#CCc1ccccc1C(=O)N1CCC(Cc2ccccc2)CC1. The lowest BCUT2D eigenvalue weighted by Gasteiger charge is -2.32. The van der Waals surface area contributed by atoms with Gasteiger partial charge in [-0.3, -0.25) is 4.79 Å². The maximum absolute atomic E-state index is 12.8. The number of nitrogens with zero attached hydrogens (tertiary/aromatic N) is 2. The Morgan fingerprint density at radius 1 is 1.04 bits per heavy atom. The van der Waals surface area contributed by atoms with Gasteiger partial charge < -0.3 is 4.90 Å². The minimum atomic E-state index is 0.0685. The lowest BCUT2D eigenvalue weighted by molar-refractivity contribution is 0.0689. The van der Waals surface area contributed by atoms with Gasteiger partial charge in [-0.25, -0.2) is 0 Å². The van der Waals surface area contributed by atoms with Crippen LogP contribution in [0.25, 0.3) is 0 Å². The lowest BCUT2D eigenvalue weighted by atomic mass is 9.90. The Morgan fingerprint density at radius 2 is 1.71 bits per heavy atom. The van der Waals surface area contributed by atoms with Crippen molar-refractivity contribution in [1.29, 1.82) is 5.26 Å². The van der Waals surface area contributed by atoms with E-state index in [2.05, 4.69) is 30.3 Å². The Hall–Kier alpha value is -2.60. The number of amides is 1. The van der Waals surface area contributed by atoms with E-state index in [0.717, 1.165) is 37.9 Å². The second-order valence-electron chi connectivity index (χ2n) is 6.42. The number of hydrogen-bond acceptors (Lipinski definition) is 2. The van der Waals surface area contributed by atoms with Gasteiger partial charge in [0.15, 0.2) is 0 Å². The molecule has 2 aromatic carbocycles. The van der Waals surface area contributed by atoms with Gasteiger partial charge in [-0.15, -0.1) is 0 Å². The Bertz CT molecular complexity index is 725. The number of piperidine rings is 1. The molecular weight excluding hydrogens is 296 g/mol. The Labute approximate surface area is 143 Å². The van der Waals surface area contributed by atoms with Gasteiger partial charge in [0.2, 0.25) is 0 Å². The van der Waals surface area contributed by atoms with Crippen molar-refractivity contribution in [3.8, 4) is 6.07 Å². The molecule has 1 saturated heterocycles. The molecule has 0 radical (unpaired) electrons. The Balaban J connectivity index is 1.60. The van der Waals surface area contributed by atoms with Crippen molar-refractivity contribution in [1.82, 2.24) is 4.90 Å². The molecule has 2 aromatic rings. The van der Waals surface area contributed by atoms with E-state index < -0.39 is 0 Å². The van der Waals surface area contributed by atoms with Crippen LogP contribution in [-0.2, 0) is 12.8 Å². The summed E-state index contributed by atoms with van der Waals surface area (Å²) in [7, 11) is 0. The Morgan fingerprint density at radius 3 is 2.42 bits per heavy atom. The standard InChI is InChI=1S/C21H22N2O/c22-13-10-19-8-4-5-9-20(19)21(24)23-14-11-18(12-15-23)16-17-6-2-1-3-7-17/h1-9,18H,10-12,14-16H2. The summed E-state index contributed by atoms with van der Waals surface area (Å²) in [5, 5.41) is 8.94. The first kappa shape index (κ1) is 16.3. The van der Waals surface area contributed by atoms with E-state index in [0.29, 0.717) is 11.5 Å². The van der Waals surface area contributed by atoms with Crippen LogP contribution in [0.1, 0.15) is 34.3 Å². The first-order valence-electron chi connectivity index (χ1n) is 8.56. The van der Waals surface area contributed by atoms with Gasteiger partial charge in [0.05, 0.1) is 12.5 Å². The molecule has 3 nitrogen and oxygen atoms in total. The zero-order chi connectivity index (χ0) is 16.8. The molecule has 0 aliphatic carbocycles. The molecule has 0 spiro atoms. The van der Waals surface area contributed by atoms with E-state index in [1.165, 1.54) is 5.56 Å². The van der Waals surface area contributed by atoms with E-state index in [9.17, 15) is 4.79 Å². The summed E-state index contributed by atoms with van der Waals surface area (Å²) in [6, 6.07) is 20.2. The smallest absolute Gasteiger partial charge is 0.254 e. The average molecular weight is 318 g/mol. The topological polar surface area (TPSA) is 44.1 Å². The third kappa shape index (κ3) is 3.83. The van der Waals surface area contributed by atoms with Crippen LogP contribution in [0.5, 0.6) is 0 Å². The van der Waals surface area contributed by atoms with Crippen molar-refractivity contribution in [2.45, 2.75) is 25.7 Å². The first-order valence-corrected chi connectivity index (χ1v) is 8.56. The molecule has 1 amide bonds. The second-order valence-corrected chi connectivity index (χ2v) is 6.42. The molecule has 0 bridgehead atoms. The summed E-state index contributed by atoms with van der Waals surface area (Å²) in [5.41, 5.74) is 2.89. The summed E-state index contributed by atoms with van der Waals surface area (Å²) >= 11 is 0. The molecular formula is C21H22N2O. The van der Waals surface area contributed by atoms with E-state index in [1.807, 2.05) is 35.2 Å². The fourth-order valence-electron chi connectivity index (χ4n) is 3.43. The molecule has 1 fully saturated rings. The second kappa shape index (κ2) is 7.79. The van der Waals surface area contributed by atoms with E-state index in [-0.39, 0.29) is 12.3 Å². The van der Waals surface area contributed by atoms with Crippen LogP contribution in [0.3, 0.4) is 0 Å². The maximum atomic E-state index is 12.8. The quantitative estimate of drug-likeness (QED) is 0.859. The number of benzene rings is 2. The highest BCUT2D eigenvalue weighted by Crippen LogP contribution is 2.23. The van der Waals surface area contributed by atoms with Crippen LogP contribution in [0.2, 0.25) is 0 Å². The number of likely N-dealkylation sites (tertiary alicyclic amines) is 1. The number of hydrogen-bond donors (Lipinski definition) is 0. The number of rotatable bonds is 4. The molecule has 0 N–H and O–H groups in total. The summed E-state index contributed by atoms with van der Waals surface area (Å²) in [5.74, 6) is 0.713.